The molecule has 7 heteroatoms. The van der Waals surface area contributed by atoms with Crippen LogP contribution in [0.25, 0.3) is 0 Å². The predicted octanol–water partition coefficient (Wildman–Crippen LogP) is 7.57. The second-order valence-corrected chi connectivity index (χ2v) is 11.2. The van der Waals surface area contributed by atoms with Gasteiger partial charge < -0.3 is 19.9 Å². The van der Waals surface area contributed by atoms with Crippen molar-refractivity contribution in [2.45, 2.75) is 155 Å². The van der Waals surface area contributed by atoms with Gasteiger partial charge in [-0.15, -0.1) is 0 Å². The normalized spacial score (nSPS) is 12.5. The predicted molar refractivity (Wildman–Crippen MR) is 164 cm³/mol. The fraction of sp³-hybridized carbons (Fsp3) is 0.735. The number of carbonyl (C=O) groups excluding carboxylic acids is 3. The quantitative estimate of drug-likeness (QED) is 0.0872. The second kappa shape index (κ2) is 25.3. The van der Waals surface area contributed by atoms with Crippen molar-refractivity contribution in [1.82, 2.24) is 5.32 Å². The van der Waals surface area contributed by atoms with Crippen molar-refractivity contribution in [3.05, 3.63) is 35.9 Å². The van der Waals surface area contributed by atoms with E-state index in [1.54, 1.807) is 0 Å². The van der Waals surface area contributed by atoms with E-state index in [1.807, 2.05) is 30.3 Å². The molecule has 0 saturated heterocycles. The monoisotopic (exact) mass is 575 g/mol. The molecule has 41 heavy (non-hydrogen) atoms. The maximum atomic E-state index is 12.8. The Hall–Kier alpha value is -2.41. The van der Waals surface area contributed by atoms with Crippen LogP contribution in [-0.2, 0) is 30.5 Å². The molecule has 0 radical (unpaired) electrons. The van der Waals surface area contributed by atoms with Gasteiger partial charge in [-0.05, 0) is 24.8 Å². The Bertz CT molecular complexity index is 800. The van der Waals surface area contributed by atoms with Crippen molar-refractivity contribution in [2.24, 2.45) is 0 Å². The molecule has 0 unspecified atom stereocenters. The molecule has 0 aliphatic heterocycles. The van der Waals surface area contributed by atoms with E-state index >= 15 is 0 Å². The van der Waals surface area contributed by atoms with Crippen LogP contribution in [0.3, 0.4) is 0 Å². The first-order chi connectivity index (χ1) is 20.0. The summed E-state index contributed by atoms with van der Waals surface area (Å²) in [6, 6.07) is 8.06. The van der Waals surface area contributed by atoms with Gasteiger partial charge in [0.25, 0.3) is 0 Å². The number of benzene rings is 1. The number of ether oxygens (including phenoxy) is 2. The molecule has 0 fully saturated rings. The Kier molecular flexibility index (Phi) is 22.6. The van der Waals surface area contributed by atoms with Crippen LogP contribution in [0, 0.1) is 0 Å². The molecule has 7 nitrogen and oxygen atoms in total. The van der Waals surface area contributed by atoms with Gasteiger partial charge in [0.05, 0.1) is 13.0 Å². The molecule has 0 aromatic heterocycles. The maximum absolute atomic E-state index is 12.8. The summed E-state index contributed by atoms with van der Waals surface area (Å²) in [6.45, 7) is 3.91. The molecule has 1 rings (SSSR count). The Labute approximate surface area is 249 Å². The highest BCUT2D eigenvalue weighted by molar-refractivity contribution is 5.85. The molecule has 0 aliphatic rings. The molecule has 1 amide bonds. The number of aliphatic hydroxyl groups is 1. The molecule has 0 aliphatic carbocycles. The molecular weight excluding hydrogens is 518 g/mol. The summed E-state index contributed by atoms with van der Waals surface area (Å²) in [7, 11) is 0. The SMILES string of the molecule is CCCCCCCCCCC[C@@H](CC(=O)N[C@H](CO)C(=O)OCc1ccccc1)OC(=O)CCCCCCCCC. The number of hydrogen-bond acceptors (Lipinski definition) is 6. The summed E-state index contributed by atoms with van der Waals surface area (Å²) in [6.07, 6.45) is 18.9. The van der Waals surface area contributed by atoms with Crippen LogP contribution in [0.5, 0.6) is 0 Å². The minimum Gasteiger partial charge on any atom is -0.462 e. The van der Waals surface area contributed by atoms with Crippen molar-refractivity contribution in [3.8, 4) is 0 Å². The van der Waals surface area contributed by atoms with E-state index in [-0.39, 0.29) is 19.0 Å². The first kappa shape index (κ1) is 36.6. The lowest BCUT2D eigenvalue weighted by Crippen LogP contribution is -2.45. The molecule has 2 atom stereocenters. The van der Waals surface area contributed by atoms with E-state index in [9.17, 15) is 19.5 Å². The summed E-state index contributed by atoms with van der Waals surface area (Å²) in [5.41, 5.74) is 0.817. The van der Waals surface area contributed by atoms with Crippen LogP contribution in [-0.4, -0.2) is 41.7 Å². The van der Waals surface area contributed by atoms with Crippen molar-refractivity contribution < 1.29 is 29.0 Å². The second-order valence-electron chi connectivity index (χ2n) is 11.2. The van der Waals surface area contributed by atoms with E-state index in [1.165, 1.54) is 64.2 Å². The van der Waals surface area contributed by atoms with E-state index in [4.69, 9.17) is 9.47 Å². The number of carbonyl (C=O) groups is 3. The third-order valence-electron chi connectivity index (χ3n) is 7.35. The molecule has 2 N–H and O–H groups in total. The molecule has 0 saturated carbocycles. The number of esters is 2. The Morgan fingerprint density at radius 3 is 1.85 bits per heavy atom. The van der Waals surface area contributed by atoms with Gasteiger partial charge in [-0.1, -0.05) is 134 Å². The first-order valence-electron chi connectivity index (χ1n) is 16.3. The molecule has 234 valence electrons. The summed E-state index contributed by atoms with van der Waals surface area (Å²) in [4.78, 5) is 37.8. The fourth-order valence-corrected chi connectivity index (χ4v) is 4.83. The lowest BCUT2D eigenvalue weighted by molar-refractivity contribution is -0.153. The molecule has 0 spiro atoms. The number of hydrogen-bond donors (Lipinski definition) is 2. The minimum atomic E-state index is -1.16. The van der Waals surface area contributed by atoms with Gasteiger partial charge >= 0.3 is 11.9 Å². The summed E-state index contributed by atoms with van der Waals surface area (Å²) in [5.74, 6) is -1.41. The minimum absolute atomic E-state index is 0.0394. The lowest BCUT2D eigenvalue weighted by Gasteiger charge is -2.20. The molecular formula is C34H57NO6. The van der Waals surface area contributed by atoms with Crippen LogP contribution < -0.4 is 5.32 Å². The highest BCUT2D eigenvalue weighted by atomic mass is 16.5. The number of unbranched alkanes of at least 4 members (excludes halogenated alkanes) is 14. The van der Waals surface area contributed by atoms with Crippen molar-refractivity contribution >= 4 is 17.8 Å². The van der Waals surface area contributed by atoms with Gasteiger partial charge in [0.15, 0.2) is 6.04 Å². The Morgan fingerprint density at radius 1 is 0.756 bits per heavy atom. The highest BCUT2D eigenvalue weighted by Gasteiger charge is 2.24. The zero-order valence-electron chi connectivity index (χ0n) is 25.9. The van der Waals surface area contributed by atoms with Crippen LogP contribution >= 0.6 is 0 Å². The van der Waals surface area contributed by atoms with Gasteiger partial charge in [0.1, 0.15) is 12.7 Å². The van der Waals surface area contributed by atoms with Gasteiger partial charge in [-0.25, -0.2) is 4.79 Å². The number of nitrogens with one attached hydrogen (secondary N) is 1. The number of rotatable bonds is 26. The summed E-state index contributed by atoms with van der Waals surface area (Å²) in [5, 5.41) is 12.3. The van der Waals surface area contributed by atoms with Gasteiger partial charge in [0, 0.05) is 6.42 Å². The Morgan fingerprint density at radius 2 is 1.29 bits per heavy atom. The average molecular weight is 576 g/mol. The van der Waals surface area contributed by atoms with Crippen LogP contribution in [0.4, 0.5) is 0 Å². The zero-order valence-corrected chi connectivity index (χ0v) is 25.9. The standard InChI is InChI=1S/C34H57NO6/c1-3-5-7-9-11-12-14-15-20-24-30(41-33(38)25-21-16-13-10-8-6-4-2)26-32(37)35-31(27-36)34(39)40-28-29-22-18-17-19-23-29/h17-19,22-23,30-31,36H,3-16,20-21,24-28H2,1-2H3,(H,35,37)/t30-,31+/m0/s1. The Balaban J connectivity index is 2.51. The van der Waals surface area contributed by atoms with Gasteiger partial charge in [-0.3, -0.25) is 9.59 Å². The van der Waals surface area contributed by atoms with E-state index in [0.29, 0.717) is 12.8 Å². The number of amides is 1. The summed E-state index contributed by atoms with van der Waals surface area (Å²) >= 11 is 0. The van der Waals surface area contributed by atoms with Gasteiger partial charge in [0.2, 0.25) is 5.91 Å². The summed E-state index contributed by atoms with van der Waals surface area (Å²) < 4.78 is 11.0. The van der Waals surface area contributed by atoms with E-state index in [2.05, 4.69) is 19.2 Å². The fourth-order valence-electron chi connectivity index (χ4n) is 4.83. The third kappa shape index (κ3) is 20.2. The van der Waals surface area contributed by atoms with Crippen LogP contribution in [0.2, 0.25) is 0 Å². The number of aliphatic hydroxyl groups excluding tert-OH is 1. The lowest BCUT2D eigenvalue weighted by atomic mass is 10.0. The first-order valence-corrected chi connectivity index (χ1v) is 16.3. The third-order valence-corrected chi connectivity index (χ3v) is 7.35. The van der Waals surface area contributed by atoms with E-state index < -0.39 is 30.6 Å². The molecule has 1 aromatic rings. The van der Waals surface area contributed by atoms with Gasteiger partial charge in [-0.2, -0.15) is 0 Å². The molecule has 0 heterocycles. The van der Waals surface area contributed by atoms with Crippen molar-refractivity contribution in [3.63, 3.8) is 0 Å². The topological polar surface area (TPSA) is 102 Å². The smallest absolute Gasteiger partial charge is 0.331 e. The van der Waals surface area contributed by atoms with Crippen molar-refractivity contribution in [2.75, 3.05) is 6.61 Å². The average Bonchev–Trinajstić information content (AvgIpc) is 2.97. The highest BCUT2D eigenvalue weighted by Crippen LogP contribution is 2.16. The van der Waals surface area contributed by atoms with Crippen LogP contribution in [0.1, 0.15) is 141 Å². The zero-order chi connectivity index (χ0) is 30.0. The van der Waals surface area contributed by atoms with Crippen molar-refractivity contribution in [1.29, 1.82) is 0 Å². The molecule has 1 aromatic carbocycles. The maximum Gasteiger partial charge on any atom is 0.331 e. The molecule has 0 bridgehead atoms. The largest absolute Gasteiger partial charge is 0.462 e. The van der Waals surface area contributed by atoms with Crippen LogP contribution in [0.15, 0.2) is 30.3 Å². The van der Waals surface area contributed by atoms with E-state index in [0.717, 1.165) is 44.1 Å².